The van der Waals surface area contributed by atoms with E-state index in [2.05, 4.69) is 4.98 Å². The summed E-state index contributed by atoms with van der Waals surface area (Å²) in [4.78, 5) is 24.3. The SMILES string of the molecule is O=C(O)c1cc(SCC(O)CO)ncc1[N+](=O)[O-]. The highest BCUT2D eigenvalue weighted by Gasteiger charge is 2.21. The summed E-state index contributed by atoms with van der Waals surface area (Å²) in [6.07, 6.45) is -0.0998. The summed E-state index contributed by atoms with van der Waals surface area (Å²) in [5, 5.41) is 37.4. The molecule has 1 atom stereocenters. The fraction of sp³-hybridized carbons (Fsp3) is 0.333. The van der Waals surface area contributed by atoms with E-state index in [0.717, 1.165) is 24.0 Å². The molecule has 0 aromatic carbocycles. The molecule has 0 spiro atoms. The third kappa shape index (κ3) is 3.65. The van der Waals surface area contributed by atoms with Gasteiger partial charge in [-0.2, -0.15) is 0 Å². The largest absolute Gasteiger partial charge is 0.477 e. The fourth-order valence-electron chi connectivity index (χ4n) is 1.06. The van der Waals surface area contributed by atoms with Crippen molar-refractivity contribution in [1.29, 1.82) is 0 Å². The molecule has 1 aromatic heterocycles. The van der Waals surface area contributed by atoms with Crippen LogP contribution in [0.5, 0.6) is 0 Å². The lowest BCUT2D eigenvalue weighted by molar-refractivity contribution is -0.385. The number of aromatic carboxylic acids is 1. The number of carboxylic acid groups (broad SMARTS) is 1. The second-order valence-electron chi connectivity index (χ2n) is 3.25. The van der Waals surface area contributed by atoms with Gasteiger partial charge < -0.3 is 15.3 Å². The van der Waals surface area contributed by atoms with Crippen LogP contribution in [0.3, 0.4) is 0 Å². The minimum atomic E-state index is -1.42. The van der Waals surface area contributed by atoms with Crippen molar-refractivity contribution in [2.24, 2.45) is 0 Å². The Hall–Kier alpha value is -1.71. The number of carboxylic acids is 1. The van der Waals surface area contributed by atoms with Crippen molar-refractivity contribution in [3.63, 3.8) is 0 Å². The highest BCUT2D eigenvalue weighted by Crippen LogP contribution is 2.23. The van der Waals surface area contributed by atoms with Crippen LogP contribution in [0.2, 0.25) is 0 Å². The zero-order valence-electron chi connectivity index (χ0n) is 9.02. The number of aliphatic hydroxyl groups excluding tert-OH is 2. The maximum atomic E-state index is 10.8. The maximum Gasteiger partial charge on any atom is 0.342 e. The van der Waals surface area contributed by atoms with Gasteiger partial charge in [0, 0.05) is 5.75 Å². The molecule has 0 radical (unpaired) electrons. The third-order valence-corrected chi connectivity index (χ3v) is 2.99. The summed E-state index contributed by atoms with van der Waals surface area (Å²) in [6.45, 7) is -0.425. The predicted molar refractivity (Wildman–Crippen MR) is 61.7 cm³/mol. The molecular formula is C9H10N2O6S. The van der Waals surface area contributed by atoms with E-state index in [1.807, 2.05) is 0 Å². The lowest BCUT2D eigenvalue weighted by Gasteiger charge is -2.06. The van der Waals surface area contributed by atoms with Crippen molar-refractivity contribution in [2.75, 3.05) is 12.4 Å². The Morgan fingerprint density at radius 3 is 2.78 bits per heavy atom. The molecule has 0 saturated heterocycles. The van der Waals surface area contributed by atoms with Gasteiger partial charge in [-0.15, -0.1) is 11.8 Å². The van der Waals surface area contributed by atoms with Gasteiger partial charge in [-0.05, 0) is 6.07 Å². The van der Waals surface area contributed by atoms with Crippen LogP contribution in [0, 0.1) is 10.1 Å². The summed E-state index contributed by atoms with van der Waals surface area (Å²) in [5.41, 5.74) is -1.05. The van der Waals surface area contributed by atoms with Crippen LogP contribution < -0.4 is 0 Å². The molecule has 0 fully saturated rings. The first-order chi connectivity index (χ1) is 8.45. The zero-order chi connectivity index (χ0) is 13.7. The lowest BCUT2D eigenvalue weighted by Crippen LogP contribution is -2.14. The van der Waals surface area contributed by atoms with Gasteiger partial charge in [0.15, 0.2) is 0 Å². The molecular weight excluding hydrogens is 264 g/mol. The van der Waals surface area contributed by atoms with Crippen molar-refractivity contribution in [1.82, 2.24) is 4.98 Å². The van der Waals surface area contributed by atoms with E-state index >= 15 is 0 Å². The van der Waals surface area contributed by atoms with Gasteiger partial charge in [0.1, 0.15) is 11.8 Å². The molecule has 1 rings (SSSR count). The Morgan fingerprint density at radius 2 is 2.28 bits per heavy atom. The lowest BCUT2D eigenvalue weighted by atomic mass is 10.2. The minimum Gasteiger partial charge on any atom is -0.477 e. The van der Waals surface area contributed by atoms with Crippen LogP contribution in [-0.2, 0) is 0 Å². The van der Waals surface area contributed by atoms with Gasteiger partial charge in [-0.1, -0.05) is 0 Å². The van der Waals surface area contributed by atoms with Gasteiger partial charge >= 0.3 is 11.7 Å². The number of carbonyl (C=O) groups is 1. The number of aliphatic hydroxyl groups is 2. The van der Waals surface area contributed by atoms with E-state index in [1.54, 1.807) is 0 Å². The minimum absolute atomic E-state index is 0.111. The smallest absolute Gasteiger partial charge is 0.342 e. The number of hydrogen-bond acceptors (Lipinski definition) is 7. The molecule has 8 nitrogen and oxygen atoms in total. The van der Waals surface area contributed by atoms with Crippen molar-refractivity contribution in [3.05, 3.63) is 27.9 Å². The Morgan fingerprint density at radius 1 is 1.61 bits per heavy atom. The number of thioether (sulfide) groups is 1. The Kier molecular flexibility index (Phi) is 5.01. The average Bonchev–Trinajstić information content (AvgIpc) is 2.35. The predicted octanol–water partition coefficient (Wildman–Crippen LogP) is 0.133. The standard InChI is InChI=1S/C9H10N2O6S/c12-3-5(13)4-18-8-1-6(9(14)15)7(2-10-8)11(16)17/h1-2,5,12-13H,3-4H2,(H,14,15). The van der Waals surface area contributed by atoms with Crippen LogP contribution in [0.25, 0.3) is 0 Å². The van der Waals surface area contributed by atoms with Crippen LogP contribution in [0.15, 0.2) is 17.3 Å². The fourth-order valence-corrected chi connectivity index (χ4v) is 1.86. The van der Waals surface area contributed by atoms with Crippen LogP contribution in [0.1, 0.15) is 10.4 Å². The molecule has 1 heterocycles. The van der Waals surface area contributed by atoms with Crippen molar-refractivity contribution >= 4 is 23.4 Å². The molecule has 9 heteroatoms. The Labute approximate surface area is 105 Å². The number of aromatic nitrogens is 1. The molecule has 98 valence electrons. The van der Waals surface area contributed by atoms with E-state index in [1.165, 1.54) is 0 Å². The highest BCUT2D eigenvalue weighted by molar-refractivity contribution is 7.99. The molecule has 0 saturated carbocycles. The molecule has 3 N–H and O–H groups in total. The van der Waals surface area contributed by atoms with Gasteiger partial charge in [-0.25, -0.2) is 9.78 Å². The quantitative estimate of drug-likeness (QED) is 0.378. The molecule has 0 aliphatic rings. The molecule has 1 unspecified atom stereocenters. The first-order valence-corrected chi connectivity index (χ1v) is 5.73. The molecule has 0 aliphatic heterocycles. The normalized spacial score (nSPS) is 12.1. The van der Waals surface area contributed by atoms with E-state index < -0.39 is 34.9 Å². The Bertz CT molecular complexity index is 466. The maximum absolute atomic E-state index is 10.8. The zero-order valence-corrected chi connectivity index (χ0v) is 9.83. The van der Waals surface area contributed by atoms with E-state index in [0.29, 0.717) is 0 Å². The second kappa shape index (κ2) is 6.28. The summed E-state index contributed by atoms with van der Waals surface area (Å²) >= 11 is 0.998. The molecule has 0 bridgehead atoms. The van der Waals surface area contributed by atoms with E-state index in [9.17, 15) is 14.9 Å². The third-order valence-electron chi connectivity index (χ3n) is 1.92. The summed E-state index contributed by atoms with van der Waals surface area (Å²) in [7, 11) is 0. The molecule has 0 aliphatic carbocycles. The number of rotatable bonds is 6. The number of nitro groups is 1. The van der Waals surface area contributed by atoms with Gasteiger partial charge in [0.05, 0.1) is 22.7 Å². The monoisotopic (exact) mass is 274 g/mol. The summed E-state index contributed by atoms with van der Waals surface area (Å²) in [5.74, 6) is -1.31. The van der Waals surface area contributed by atoms with E-state index in [-0.39, 0.29) is 10.8 Å². The second-order valence-corrected chi connectivity index (χ2v) is 4.29. The topological polar surface area (TPSA) is 134 Å². The van der Waals surface area contributed by atoms with Crippen molar-refractivity contribution in [2.45, 2.75) is 11.1 Å². The summed E-state index contributed by atoms with van der Waals surface area (Å²) in [6, 6.07) is 1.06. The van der Waals surface area contributed by atoms with Gasteiger partial charge in [0.25, 0.3) is 0 Å². The molecule has 18 heavy (non-hydrogen) atoms. The first kappa shape index (κ1) is 14.4. The highest BCUT2D eigenvalue weighted by atomic mass is 32.2. The van der Waals surface area contributed by atoms with Crippen molar-refractivity contribution < 1.29 is 25.0 Å². The number of pyridine rings is 1. The van der Waals surface area contributed by atoms with Gasteiger partial charge in [-0.3, -0.25) is 10.1 Å². The first-order valence-electron chi connectivity index (χ1n) is 4.75. The van der Waals surface area contributed by atoms with Crippen LogP contribution in [-0.4, -0.2) is 49.7 Å². The van der Waals surface area contributed by atoms with Crippen molar-refractivity contribution in [3.8, 4) is 0 Å². The molecule has 1 aromatic rings. The molecule has 0 amide bonds. The number of nitrogens with zero attached hydrogens (tertiary/aromatic N) is 2. The average molecular weight is 274 g/mol. The van der Waals surface area contributed by atoms with Crippen LogP contribution in [0.4, 0.5) is 5.69 Å². The van der Waals surface area contributed by atoms with E-state index in [4.69, 9.17) is 15.3 Å². The van der Waals surface area contributed by atoms with Gasteiger partial charge in [0.2, 0.25) is 0 Å². The Balaban J connectivity index is 2.93. The number of hydrogen-bond donors (Lipinski definition) is 3. The van der Waals surface area contributed by atoms with Crippen LogP contribution >= 0.6 is 11.8 Å². The summed E-state index contributed by atoms with van der Waals surface area (Å²) < 4.78 is 0.